The molecule has 1 N–H and O–H groups in total. The monoisotopic (exact) mass is 477 g/mol. The van der Waals surface area contributed by atoms with Crippen LogP contribution in [0.4, 0.5) is 5.69 Å². The molecule has 1 heterocycles. The molecule has 1 aliphatic rings. The number of carbonyl (C=O) groups excluding carboxylic acids is 2. The van der Waals surface area contributed by atoms with Crippen LogP contribution in [0.3, 0.4) is 0 Å². The largest absolute Gasteiger partial charge is 0.496 e. The summed E-state index contributed by atoms with van der Waals surface area (Å²) in [5, 5.41) is 2.81. The second-order valence-electron chi connectivity index (χ2n) is 7.08. The van der Waals surface area contributed by atoms with Gasteiger partial charge in [0.2, 0.25) is 21.8 Å². The zero-order valence-corrected chi connectivity index (χ0v) is 20.0. The maximum atomic E-state index is 12.9. The fourth-order valence-corrected chi connectivity index (χ4v) is 5.87. The van der Waals surface area contributed by atoms with Gasteiger partial charge in [0, 0.05) is 30.1 Å². The number of sulfonamides is 1. The van der Waals surface area contributed by atoms with Crippen LogP contribution in [0.25, 0.3) is 0 Å². The van der Waals surface area contributed by atoms with Crippen molar-refractivity contribution >= 4 is 39.3 Å². The van der Waals surface area contributed by atoms with Crippen molar-refractivity contribution in [1.82, 2.24) is 9.62 Å². The Hall–Kier alpha value is -2.56. The predicted octanol–water partition coefficient (Wildman–Crippen LogP) is 2.48. The standard InChI is InChI=1S/C22H27N3O5S2/c1-4-24(5-2)32(28,29)17-10-11-20-18(12-17)25(22(27)15-31-20)14-21(26)23-13-16-8-6-7-9-19(16)30-3/h6-12H,4-5,13-15H2,1-3H3,(H,23,26). The number of amides is 2. The molecule has 10 heteroatoms. The van der Waals surface area contributed by atoms with E-state index in [9.17, 15) is 18.0 Å². The molecule has 32 heavy (non-hydrogen) atoms. The Kier molecular flexibility index (Phi) is 7.81. The van der Waals surface area contributed by atoms with Crippen LogP contribution >= 0.6 is 11.8 Å². The van der Waals surface area contributed by atoms with Crippen molar-refractivity contribution in [1.29, 1.82) is 0 Å². The molecule has 1 aliphatic heterocycles. The maximum absolute atomic E-state index is 12.9. The molecule has 0 unspecified atom stereocenters. The number of ether oxygens (including phenoxy) is 1. The van der Waals surface area contributed by atoms with E-state index >= 15 is 0 Å². The number of fused-ring (bicyclic) bond motifs is 1. The highest BCUT2D eigenvalue weighted by molar-refractivity contribution is 8.00. The Bertz CT molecular complexity index is 1100. The topological polar surface area (TPSA) is 96.0 Å². The van der Waals surface area contributed by atoms with Gasteiger partial charge in [0.1, 0.15) is 12.3 Å². The van der Waals surface area contributed by atoms with Gasteiger partial charge < -0.3 is 15.0 Å². The number of methoxy groups -OCH3 is 1. The van der Waals surface area contributed by atoms with Crippen LogP contribution in [0.5, 0.6) is 5.75 Å². The number of benzene rings is 2. The third-order valence-electron chi connectivity index (χ3n) is 5.19. The Morgan fingerprint density at radius 1 is 1.19 bits per heavy atom. The van der Waals surface area contributed by atoms with E-state index in [1.54, 1.807) is 39.2 Å². The lowest BCUT2D eigenvalue weighted by Crippen LogP contribution is -2.43. The van der Waals surface area contributed by atoms with Crippen LogP contribution in [0.15, 0.2) is 52.3 Å². The molecule has 0 aromatic heterocycles. The first kappa shape index (κ1) is 24.1. The minimum absolute atomic E-state index is 0.106. The molecule has 3 rings (SSSR count). The summed E-state index contributed by atoms with van der Waals surface area (Å²) in [7, 11) is -2.13. The van der Waals surface area contributed by atoms with Gasteiger partial charge in [0.05, 0.1) is 23.4 Å². The summed E-state index contributed by atoms with van der Waals surface area (Å²) in [4.78, 5) is 27.5. The normalized spacial score (nSPS) is 13.8. The van der Waals surface area contributed by atoms with Gasteiger partial charge in [0.25, 0.3) is 0 Å². The smallest absolute Gasteiger partial charge is 0.243 e. The molecular weight excluding hydrogens is 450 g/mol. The van der Waals surface area contributed by atoms with Crippen molar-refractivity contribution in [2.75, 3.05) is 37.4 Å². The summed E-state index contributed by atoms with van der Waals surface area (Å²) in [5.74, 6) is 0.260. The highest BCUT2D eigenvalue weighted by Crippen LogP contribution is 2.37. The van der Waals surface area contributed by atoms with Crippen LogP contribution in [0.1, 0.15) is 19.4 Å². The molecule has 2 amide bonds. The number of thioether (sulfide) groups is 1. The van der Waals surface area contributed by atoms with Gasteiger partial charge in [-0.25, -0.2) is 8.42 Å². The number of nitrogens with zero attached hydrogens (tertiary/aromatic N) is 2. The summed E-state index contributed by atoms with van der Waals surface area (Å²) in [6.45, 7) is 4.30. The average molecular weight is 478 g/mol. The SMILES string of the molecule is CCN(CC)S(=O)(=O)c1ccc2c(c1)N(CC(=O)NCc1ccccc1OC)C(=O)CS2. The summed E-state index contributed by atoms with van der Waals surface area (Å²) >= 11 is 1.33. The molecule has 0 radical (unpaired) electrons. The fraction of sp³-hybridized carbons (Fsp3) is 0.364. The second-order valence-corrected chi connectivity index (χ2v) is 10.0. The van der Waals surface area contributed by atoms with Crippen LogP contribution in [0, 0.1) is 0 Å². The van der Waals surface area contributed by atoms with E-state index in [1.165, 1.54) is 27.0 Å². The molecule has 2 aromatic rings. The number of para-hydroxylation sites is 1. The van der Waals surface area contributed by atoms with Crippen LogP contribution in [-0.4, -0.2) is 57.0 Å². The van der Waals surface area contributed by atoms with Crippen molar-refractivity contribution < 1.29 is 22.7 Å². The van der Waals surface area contributed by atoms with Crippen LogP contribution < -0.4 is 15.0 Å². The van der Waals surface area contributed by atoms with E-state index in [-0.39, 0.29) is 35.6 Å². The number of rotatable bonds is 9. The molecule has 0 bridgehead atoms. The highest BCUT2D eigenvalue weighted by atomic mass is 32.2. The van der Waals surface area contributed by atoms with E-state index in [0.717, 1.165) is 10.5 Å². The zero-order chi connectivity index (χ0) is 23.3. The molecule has 8 nitrogen and oxygen atoms in total. The number of nitrogens with one attached hydrogen (secondary N) is 1. The summed E-state index contributed by atoms with van der Waals surface area (Å²) in [6, 6.07) is 12.1. The Labute approximate surface area is 193 Å². The molecule has 0 spiro atoms. The van der Waals surface area contributed by atoms with E-state index in [2.05, 4.69) is 5.32 Å². The van der Waals surface area contributed by atoms with Gasteiger partial charge in [-0.15, -0.1) is 11.8 Å². The number of carbonyl (C=O) groups is 2. The lowest BCUT2D eigenvalue weighted by Gasteiger charge is -2.29. The first-order valence-corrected chi connectivity index (χ1v) is 12.7. The fourth-order valence-electron chi connectivity index (χ4n) is 3.47. The zero-order valence-electron chi connectivity index (χ0n) is 18.3. The van der Waals surface area contributed by atoms with Gasteiger partial charge >= 0.3 is 0 Å². The molecular formula is C22H27N3O5S2. The quantitative estimate of drug-likeness (QED) is 0.596. The molecule has 0 aliphatic carbocycles. The van der Waals surface area contributed by atoms with Crippen molar-refractivity contribution in [3.8, 4) is 5.75 Å². The molecule has 0 saturated heterocycles. The number of hydrogen-bond donors (Lipinski definition) is 1. The van der Waals surface area contributed by atoms with Crippen molar-refractivity contribution in [2.24, 2.45) is 0 Å². The van der Waals surface area contributed by atoms with E-state index in [4.69, 9.17) is 4.74 Å². The molecule has 2 aromatic carbocycles. The summed E-state index contributed by atoms with van der Waals surface area (Å²) in [5.41, 5.74) is 1.25. The van der Waals surface area contributed by atoms with Gasteiger partial charge in [0.15, 0.2) is 0 Å². The summed E-state index contributed by atoms with van der Waals surface area (Å²) < 4.78 is 32.5. The van der Waals surface area contributed by atoms with Gasteiger partial charge in [-0.1, -0.05) is 32.0 Å². The average Bonchev–Trinajstić information content (AvgIpc) is 2.80. The predicted molar refractivity (Wildman–Crippen MR) is 124 cm³/mol. The minimum Gasteiger partial charge on any atom is -0.496 e. The third kappa shape index (κ3) is 5.08. The van der Waals surface area contributed by atoms with Gasteiger partial charge in [-0.2, -0.15) is 4.31 Å². The highest BCUT2D eigenvalue weighted by Gasteiger charge is 2.30. The van der Waals surface area contributed by atoms with E-state index in [0.29, 0.717) is 24.5 Å². The van der Waals surface area contributed by atoms with Crippen molar-refractivity contribution in [3.05, 3.63) is 48.0 Å². The molecule has 0 atom stereocenters. The molecule has 172 valence electrons. The van der Waals surface area contributed by atoms with Gasteiger partial charge in [-0.05, 0) is 24.3 Å². The van der Waals surface area contributed by atoms with E-state index in [1.807, 2.05) is 18.2 Å². The van der Waals surface area contributed by atoms with Crippen molar-refractivity contribution in [3.63, 3.8) is 0 Å². The van der Waals surface area contributed by atoms with Crippen LogP contribution in [0.2, 0.25) is 0 Å². The molecule has 0 fully saturated rings. The Morgan fingerprint density at radius 2 is 1.91 bits per heavy atom. The Morgan fingerprint density at radius 3 is 2.59 bits per heavy atom. The van der Waals surface area contributed by atoms with Crippen LogP contribution in [-0.2, 0) is 26.2 Å². The maximum Gasteiger partial charge on any atom is 0.243 e. The van der Waals surface area contributed by atoms with Crippen molar-refractivity contribution in [2.45, 2.75) is 30.2 Å². The first-order chi connectivity index (χ1) is 15.3. The first-order valence-electron chi connectivity index (χ1n) is 10.3. The van der Waals surface area contributed by atoms with E-state index < -0.39 is 10.0 Å². The number of hydrogen-bond acceptors (Lipinski definition) is 6. The lowest BCUT2D eigenvalue weighted by atomic mass is 10.2. The molecule has 0 saturated carbocycles. The summed E-state index contributed by atoms with van der Waals surface area (Å²) in [6.07, 6.45) is 0. The lowest BCUT2D eigenvalue weighted by molar-refractivity contribution is -0.123. The second kappa shape index (κ2) is 10.4. The Balaban J connectivity index is 1.81. The number of anilines is 1. The minimum atomic E-state index is -3.69. The third-order valence-corrected chi connectivity index (χ3v) is 8.28. The van der Waals surface area contributed by atoms with Gasteiger partial charge in [-0.3, -0.25) is 9.59 Å².